The van der Waals surface area contributed by atoms with Crippen LogP contribution in [0.3, 0.4) is 0 Å². The van der Waals surface area contributed by atoms with Crippen LogP contribution in [0, 0.1) is 12.8 Å². The zero-order valence-electron chi connectivity index (χ0n) is 19.3. The van der Waals surface area contributed by atoms with Crippen LogP contribution in [0.15, 0.2) is 42.5 Å². The standard InChI is InChI=1S/C27H36N4O/c1-20-5-4-7-23(28-20)19-30-15-13-24(14-16-30)31-17-11-22(12-18-31)27(32)29-26-10-9-21-6-2-3-8-25(21)26/h2-8,22,24,26H,9-19H2,1H3,(H,29,32). The Hall–Kier alpha value is -2.24. The molecule has 1 unspecified atom stereocenters. The van der Waals surface area contributed by atoms with Crippen molar-refractivity contribution in [1.82, 2.24) is 20.1 Å². The summed E-state index contributed by atoms with van der Waals surface area (Å²) in [6, 6.07) is 15.8. The lowest BCUT2D eigenvalue weighted by Crippen LogP contribution is -2.49. The third kappa shape index (κ3) is 4.89. The Kier molecular flexibility index (Phi) is 6.56. The number of fused-ring (bicyclic) bond motifs is 1. The van der Waals surface area contributed by atoms with Crippen LogP contribution in [-0.2, 0) is 17.8 Å². The van der Waals surface area contributed by atoms with Gasteiger partial charge in [0.1, 0.15) is 0 Å². The van der Waals surface area contributed by atoms with E-state index in [1.54, 1.807) is 0 Å². The first kappa shape index (κ1) is 21.6. The van der Waals surface area contributed by atoms with Crippen molar-refractivity contribution < 1.29 is 4.79 Å². The summed E-state index contributed by atoms with van der Waals surface area (Å²) in [6.07, 6.45) is 6.56. The first-order valence-electron chi connectivity index (χ1n) is 12.4. The van der Waals surface area contributed by atoms with Gasteiger partial charge in [-0.1, -0.05) is 30.3 Å². The van der Waals surface area contributed by atoms with Gasteiger partial charge in [0, 0.05) is 37.3 Å². The van der Waals surface area contributed by atoms with Gasteiger partial charge in [0.25, 0.3) is 0 Å². The number of hydrogen-bond donors (Lipinski definition) is 1. The predicted molar refractivity (Wildman–Crippen MR) is 127 cm³/mol. The maximum Gasteiger partial charge on any atom is 0.223 e. The highest BCUT2D eigenvalue weighted by molar-refractivity contribution is 5.79. The second kappa shape index (κ2) is 9.72. The number of nitrogens with one attached hydrogen (secondary N) is 1. The number of carbonyl (C=O) groups excluding carboxylic acids is 1. The molecule has 0 saturated carbocycles. The molecular formula is C27H36N4O. The Morgan fingerprint density at radius 3 is 2.53 bits per heavy atom. The molecule has 0 spiro atoms. The quantitative estimate of drug-likeness (QED) is 0.779. The summed E-state index contributed by atoms with van der Waals surface area (Å²) in [4.78, 5) is 22.8. The number of aryl methyl sites for hydroxylation is 2. The van der Waals surface area contributed by atoms with Crippen LogP contribution in [0.2, 0.25) is 0 Å². The maximum atomic E-state index is 12.9. The Bertz CT molecular complexity index is 929. The molecule has 5 rings (SSSR count). The van der Waals surface area contributed by atoms with Gasteiger partial charge in [-0.25, -0.2) is 0 Å². The smallest absolute Gasteiger partial charge is 0.223 e. The minimum absolute atomic E-state index is 0.173. The summed E-state index contributed by atoms with van der Waals surface area (Å²) in [6.45, 7) is 7.42. The largest absolute Gasteiger partial charge is 0.349 e. The molecule has 32 heavy (non-hydrogen) atoms. The highest BCUT2D eigenvalue weighted by atomic mass is 16.2. The molecule has 1 N–H and O–H groups in total. The van der Waals surface area contributed by atoms with Gasteiger partial charge in [0.2, 0.25) is 5.91 Å². The van der Waals surface area contributed by atoms with Crippen molar-refractivity contribution in [2.75, 3.05) is 26.2 Å². The van der Waals surface area contributed by atoms with E-state index in [0.717, 1.165) is 64.1 Å². The fourth-order valence-corrected chi connectivity index (χ4v) is 5.88. The average molecular weight is 433 g/mol. The van der Waals surface area contributed by atoms with Gasteiger partial charge in [-0.15, -0.1) is 0 Å². The number of nitrogens with zero attached hydrogens (tertiary/aromatic N) is 3. The number of pyridine rings is 1. The van der Waals surface area contributed by atoms with Gasteiger partial charge in [-0.2, -0.15) is 0 Å². The lowest BCUT2D eigenvalue weighted by atomic mass is 9.92. The van der Waals surface area contributed by atoms with Crippen molar-refractivity contribution in [2.24, 2.45) is 5.92 Å². The van der Waals surface area contributed by atoms with Crippen molar-refractivity contribution >= 4 is 5.91 Å². The molecule has 2 aromatic rings. The Labute approximate surface area is 192 Å². The monoisotopic (exact) mass is 432 g/mol. The van der Waals surface area contributed by atoms with Crippen LogP contribution in [0.4, 0.5) is 0 Å². The van der Waals surface area contributed by atoms with Crippen molar-refractivity contribution in [1.29, 1.82) is 0 Å². The van der Waals surface area contributed by atoms with Gasteiger partial charge in [-0.3, -0.25) is 14.7 Å². The van der Waals surface area contributed by atoms with Crippen LogP contribution >= 0.6 is 0 Å². The van der Waals surface area contributed by atoms with E-state index in [9.17, 15) is 4.79 Å². The Balaban J connectivity index is 1.06. The van der Waals surface area contributed by atoms with Gasteiger partial charge in [0.15, 0.2) is 0 Å². The van der Waals surface area contributed by atoms with Crippen LogP contribution in [0.1, 0.15) is 60.7 Å². The third-order valence-electron chi connectivity index (χ3n) is 7.75. The summed E-state index contributed by atoms with van der Waals surface area (Å²) in [5, 5.41) is 3.36. The zero-order valence-corrected chi connectivity index (χ0v) is 19.3. The second-order valence-corrected chi connectivity index (χ2v) is 9.89. The zero-order chi connectivity index (χ0) is 21.9. The molecule has 1 aromatic heterocycles. The van der Waals surface area contributed by atoms with Gasteiger partial charge >= 0.3 is 0 Å². The molecule has 2 saturated heterocycles. The first-order chi connectivity index (χ1) is 15.7. The van der Waals surface area contributed by atoms with E-state index in [0.29, 0.717) is 6.04 Å². The molecule has 3 heterocycles. The summed E-state index contributed by atoms with van der Waals surface area (Å²) < 4.78 is 0. The summed E-state index contributed by atoms with van der Waals surface area (Å²) in [5.41, 5.74) is 5.00. The average Bonchev–Trinajstić information content (AvgIpc) is 3.22. The van der Waals surface area contributed by atoms with Crippen molar-refractivity contribution in [3.05, 3.63) is 65.0 Å². The van der Waals surface area contributed by atoms with E-state index in [1.165, 1.54) is 29.7 Å². The number of carbonyl (C=O) groups is 1. The molecule has 3 aliphatic rings. The number of piperidine rings is 2. The van der Waals surface area contributed by atoms with Crippen LogP contribution in [0.5, 0.6) is 0 Å². The van der Waals surface area contributed by atoms with E-state index in [1.807, 2.05) is 0 Å². The van der Waals surface area contributed by atoms with Gasteiger partial charge in [0.05, 0.1) is 11.7 Å². The predicted octanol–water partition coefficient (Wildman–Crippen LogP) is 3.87. The number of amides is 1. The molecule has 0 radical (unpaired) electrons. The fraction of sp³-hybridized carbons (Fsp3) is 0.556. The molecule has 1 atom stereocenters. The molecule has 2 aliphatic heterocycles. The van der Waals surface area contributed by atoms with Crippen LogP contribution in [-0.4, -0.2) is 52.9 Å². The number of likely N-dealkylation sites (tertiary alicyclic amines) is 2. The topological polar surface area (TPSA) is 48.5 Å². The lowest BCUT2D eigenvalue weighted by Gasteiger charge is -2.41. The highest BCUT2D eigenvalue weighted by Gasteiger charge is 2.32. The summed E-state index contributed by atoms with van der Waals surface area (Å²) >= 11 is 0. The molecule has 0 bridgehead atoms. The lowest BCUT2D eigenvalue weighted by molar-refractivity contribution is -0.127. The molecule has 5 nitrogen and oxygen atoms in total. The van der Waals surface area contributed by atoms with E-state index in [-0.39, 0.29) is 17.9 Å². The molecule has 1 aliphatic carbocycles. The number of rotatable bonds is 5. The van der Waals surface area contributed by atoms with Crippen LogP contribution < -0.4 is 5.32 Å². The number of hydrogen-bond acceptors (Lipinski definition) is 4. The van der Waals surface area contributed by atoms with E-state index in [4.69, 9.17) is 0 Å². The SMILES string of the molecule is Cc1cccc(CN2CCC(N3CCC(C(=O)NC4CCc5ccccc54)CC3)CC2)n1. The highest BCUT2D eigenvalue weighted by Crippen LogP contribution is 2.32. The summed E-state index contributed by atoms with van der Waals surface area (Å²) in [5.74, 6) is 0.443. The molecule has 1 aromatic carbocycles. The fourth-order valence-electron chi connectivity index (χ4n) is 5.88. The van der Waals surface area contributed by atoms with Crippen molar-refractivity contribution in [3.63, 3.8) is 0 Å². The number of aromatic nitrogens is 1. The van der Waals surface area contributed by atoms with Crippen LogP contribution in [0.25, 0.3) is 0 Å². The maximum absolute atomic E-state index is 12.9. The number of benzene rings is 1. The van der Waals surface area contributed by atoms with E-state index >= 15 is 0 Å². The molecular weight excluding hydrogens is 396 g/mol. The van der Waals surface area contributed by atoms with E-state index < -0.39 is 0 Å². The third-order valence-corrected chi connectivity index (χ3v) is 7.75. The normalized spacial score (nSPS) is 23.2. The van der Waals surface area contributed by atoms with Crippen molar-refractivity contribution in [2.45, 2.75) is 64.1 Å². The van der Waals surface area contributed by atoms with E-state index in [2.05, 4.69) is 69.5 Å². The minimum atomic E-state index is 0.173. The second-order valence-electron chi connectivity index (χ2n) is 9.89. The minimum Gasteiger partial charge on any atom is -0.349 e. The van der Waals surface area contributed by atoms with Gasteiger partial charge < -0.3 is 10.2 Å². The molecule has 5 heteroatoms. The molecule has 1 amide bonds. The summed E-state index contributed by atoms with van der Waals surface area (Å²) in [7, 11) is 0. The van der Waals surface area contributed by atoms with Crippen molar-refractivity contribution in [3.8, 4) is 0 Å². The molecule has 2 fully saturated rings. The Morgan fingerprint density at radius 1 is 0.969 bits per heavy atom. The Morgan fingerprint density at radius 2 is 1.75 bits per heavy atom. The van der Waals surface area contributed by atoms with Gasteiger partial charge in [-0.05, 0) is 81.8 Å². The molecule has 170 valence electrons. The first-order valence-corrected chi connectivity index (χ1v) is 12.4.